The normalized spacial score (nSPS) is 11.9. The fourth-order valence-corrected chi connectivity index (χ4v) is 4.16. The third-order valence-corrected chi connectivity index (χ3v) is 5.79. The van der Waals surface area contributed by atoms with E-state index < -0.39 is 6.04 Å². The van der Waals surface area contributed by atoms with Crippen LogP contribution in [-0.4, -0.2) is 35.9 Å². The second-order valence-electron chi connectivity index (χ2n) is 8.60. The van der Waals surface area contributed by atoms with E-state index in [0.29, 0.717) is 25.8 Å². The number of aryl methyl sites for hydroxylation is 1. The average molecular weight is 447 g/mol. The lowest BCUT2D eigenvalue weighted by Gasteiger charge is -2.31. The molecule has 0 aromatic heterocycles. The van der Waals surface area contributed by atoms with Gasteiger partial charge in [0.15, 0.2) is 0 Å². The molecule has 0 unspecified atom stereocenters. The molecule has 0 bridgehead atoms. The van der Waals surface area contributed by atoms with Gasteiger partial charge in [-0.15, -0.1) is 0 Å². The molecule has 33 heavy (non-hydrogen) atoms. The van der Waals surface area contributed by atoms with E-state index in [1.165, 1.54) is 5.39 Å². The first kappa shape index (κ1) is 24.3. The summed E-state index contributed by atoms with van der Waals surface area (Å²) in [4.78, 5) is 28.2. The van der Waals surface area contributed by atoms with Crippen LogP contribution in [0.3, 0.4) is 0 Å². The second kappa shape index (κ2) is 11.5. The molecule has 2 amide bonds. The predicted molar refractivity (Wildman–Crippen MR) is 133 cm³/mol. The minimum Gasteiger partial charge on any atom is -0.497 e. The van der Waals surface area contributed by atoms with E-state index in [4.69, 9.17) is 4.74 Å². The highest BCUT2D eigenvalue weighted by Gasteiger charge is 2.28. The maximum absolute atomic E-state index is 13.5. The predicted octanol–water partition coefficient (Wildman–Crippen LogP) is 5.11. The van der Waals surface area contributed by atoms with Crippen LogP contribution < -0.4 is 10.1 Å². The zero-order valence-corrected chi connectivity index (χ0v) is 20.0. The molecule has 0 fully saturated rings. The van der Waals surface area contributed by atoms with Crippen LogP contribution in [0.1, 0.15) is 44.7 Å². The number of benzene rings is 3. The fraction of sp³-hybridized carbons (Fsp3) is 0.357. The molecule has 0 saturated heterocycles. The van der Waals surface area contributed by atoms with Gasteiger partial charge in [0.2, 0.25) is 11.8 Å². The zero-order valence-electron chi connectivity index (χ0n) is 20.0. The Morgan fingerprint density at radius 3 is 2.45 bits per heavy atom. The number of hydrogen-bond donors (Lipinski definition) is 1. The lowest BCUT2D eigenvalue weighted by atomic mass is 10.00. The highest BCUT2D eigenvalue weighted by Crippen LogP contribution is 2.22. The minimum atomic E-state index is -0.529. The Balaban J connectivity index is 1.84. The number of carbonyl (C=O) groups excluding carboxylic acids is 2. The van der Waals surface area contributed by atoms with Crippen LogP contribution >= 0.6 is 0 Å². The third-order valence-electron chi connectivity index (χ3n) is 5.79. The van der Waals surface area contributed by atoms with Gasteiger partial charge in [-0.05, 0) is 60.7 Å². The Morgan fingerprint density at radius 1 is 1.00 bits per heavy atom. The van der Waals surface area contributed by atoms with Crippen molar-refractivity contribution in [3.63, 3.8) is 0 Å². The summed E-state index contributed by atoms with van der Waals surface area (Å²) in [5.74, 6) is 0.584. The summed E-state index contributed by atoms with van der Waals surface area (Å²) in [6.07, 6.45) is 1.50. The van der Waals surface area contributed by atoms with Crippen LogP contribution in [0.5, 0.6) is 5.75 Å². The van der Waals surface area contributed by atoms with E-state index in [2.05, 4.69) is 29.6 Å². The number of methoxy groups -OCH3 is 1. The zero-order chi connectivity index (χ0) is 23.8. The van der Waals surface area contributed by atoms with Gasteiger partial charge in [0.25, 0.3) is 0 Å². The van der Waals surface area contributed by atoms with Gasteiger partial charge in [-0.1, -0.05) is 61.5 Å². The minimum absolute atomic E-state index is 0.0102. The molecule has 3 aromatic carbocycles. The average Bonchev–Trinajstić information content (AvgIpc) is 2.82. The van der Waals surface area contributed by atoms with Crippen molar-refractivity contribution in [1.29, 1.82) is 0 Å². The van der Waals surface area contributed by atoms with Gasteiger partial charge in [0.1, 0.15) is 11.8 Å². The topological polar surface area (TPSA) is 58.6 Å². The molecule has 0 aliphatic heterocycles. The van der Waals surface area contributed by atoms with Crippen molar-refractivity contribution in [2.45, 2.75) is 58.7 Å². The summed E-state index contributed by atoms with van der Waals surface area (Å²) >= 11 is 0. The van der Waals surface area contributed by atoms with Gasteiger partial charge in [-0.2, -0.15) is 0 Å². The van der Waals surface area contributed by atoms with Gasteiger partial charge < -0.3 is 15.0 Å². The monoisotopic (exact) mass is 446 g/mol. The van der Waals surface area contributed by atoms with Crippen LogP contribution in [0.15, 0.2) is 66.7 Å². The molecule has 1 atom stereocenters. The summed E-state index contributed by atoms with van der Waals surface area (Å²) < 4.78 is 5.35. The SMILES string of the molecule is CC[C@@H](C(=O)NC(C)C)N(Cc1cccc(OC)c1)C(=O)CCc1cccc2ccccc12. The van der Waals surface area contributed by atoms with Gasteiger partial charge in [0.05, 0.1) is 7.11 Å². The molecule has 0 spiro atoms. The van der Waals surface area contributed by atoms with Crippen molar-refractivity contribution in [1.82, 2.24) is 10.2 Å². The number of carbonyl (C=O) groups is 2. The number of hydrogen-bond acceptors (Lipinski definition) is 3. The lowest BCUT2D eigenvalue weighted by Crippen LogP contribution is -2.50. The van der Waals surface area contributed by atoms with Crippen LogP contribution in [0, 0.1) is 0 Å². The maximum Gasteiger partial charge on any atom is 0.243 e. The van der Waals surface area contributed by atoms with E-state index in [1.807, 2.05) is 63.2 Å². The van der Waals surface area contributed by atoms with Crippen molar-refractivity contribution in [3.8, 4) is 5.75 Å². The van der Waals surface area contributed by atoms with E-state index >= 15 is 0 Å². The van der Waals surface area contributed by atoms with Crippen LogP contribution in [0.2, 0.25) is 0 Å². The van der Waals surface area contributed by atoms with Crippen molar-refractivity contribution < 1.29 is 14.3 Å². The molecule has 0 radical (unpaired) electrons. The largest absolute Gasteiger partial charge is 0.497 e. The Labute approximate surface area is 196 Å². The standard InChI is InChI=1S/C28H34N2O3/c1-5-26(28(32)29-20(2)3)30(19-21-10-8-14-24(18-21)33-4)27(31)17-16-23-13-9-12-22-11-6-7-15-25(22)23/h6-15,18,20,26H,5,16-17,19H2,1-4H3,(H,29,32)/t26-/m0/s1. The fourth-order valence-electron chi connectivity index (χ4n) is 4.16. The number of ether oxygens (including phenoxy) is 1. The molecular formula is C28H34N2O3. The number of rotatable bonds is 10. The van der Waals surface area contributed by atoms with E-state index in [0.717, 1.165) is 22.3 Å². The van der Waals surface area contributed by atoms with E-state index in [-0.39, 0.29) is 17.9 Å². The summed E-state index contributed by atoms with van der Waals surface area (Å²) in [6, 6.07) is 21.5. The maximum atomic E-state index is 13.5. The Hall–Kier alpha value is -3.34. The lowest BCUT2D eigenvalue weighted by molar-refractivity contribution is -0.141. The van der Waals surface area contributed by atoms with Gasteiger partial charge in [0, 0.05) is 19.0 Å². The van der Waals surface area contributed by atoms with E-state index in [9.17, 15) is 9.59 Å². The Morgan fingerprint density at radius 2 is 1.73 bits per heavy atom. The van der Waals surface area contributed by atoms with Crippen molar-refractivity contribution >= 4 is 22.6 Å². The number of nitrogens with zero attached hydrogens (tertiary/aromatic N) is 1. The number of amides is 2. The van der Waals surface area contributed by atoms with Crippen molar-refractivity contribution in [3.05, 3.63) is 77.9 Å². The summed E-state index contributed by atoms with van der Waals surface area (Å²) in [6.45, 7) is 6.16. The van der Waals surface area contributed by atoms with Crippen molar-refractivity contribution in [2.75, 3.05) is 7.11 Å². The first-order valence-corrected chi connectivity index (χ1v) is 11.6. The first-order chi connectivity index (χ1) is 15.9. The molecular weight excluding hydrogens is 412 g/mol. The van der Waals surface area contributed by atoms with Gasteiger partial charge >= 0.3 is 0 Å². The van der Waals surface area contributed by atoms with Crippen LogP contribution in [0.4, 0.5) is 0 Å². The summed E-state index contributed by atoms with van der Waals surface area (Å²) in [5.41, 5.74) is 2.08. The Kier molecular flexibility index (Phi) is 8.47. The molecule has 0 heterocycles. The molecule has 5 heteroatoms. The van der Waals surface area contributed by atoms with Gasteiger partial charge in [-0.3, -0.25) is 9.59 Å². The number of fused-ring (bicyclic) bond motifs is 1. The molecule has 3 aromatic rings. The van der Waals surface area contributed by atoms with Crippen molar-refractivity contribution in [2.24, 2.45) is 0 Å². The smallest absolute Gasteiger partial charge is 0.243 e. The molecule has 3 rings (SSSR count). The number of nitrogens with one attached hydrogen (secondary N) is 1. The molecule has 0 saturated carbocycles. The molecule has 5 nitrogen and oxygen atoms in total. The quantitative estimate of drug-likeness (QED) is 0.471. The summed E-state index contributed by atoms with van der Waals surface area (Å²) in [7, 11) is 1.62. The highest BCUT2D eigenvalue weighted by molar-refractivity contribution is 5.89. The molecule has 0 aliphatic rings. The first-order valence-electron chi connectivity index (χ1n) is 11.6. The van der Waals surface area contributed by atoms with Crippen LogP contribution in [-0.2, 0) is 22.6 Å². The third kappa shape index (κ3) is 6.35. The van der Waals surface area contributed by atoms with E-state index in [1.54, 1.807) is 12.0 Å². The van der Waals surface area contributed by atoms with Gasteiger partial charge in [-0.25, -0.2) is 0 Å². The Bertz CT molecular complexity index is 1090. The second-order valence-corrected chi connectivity index (χ2v) is 8.60. The molecule has 174 valence electrons. The molecule has 1 N–H and O–H groups in total. The highest BCUT2D eigenvalue weighted by atomic mass is 16.5. The van der Waals surface area contributed by atoms with Crippen LogP contribution in [0.25, 0.3) is 10.8 Å². The summed E-state index contributed by atoms with van der Waals surface area (Å²) in [5, 5.41) is 5.31. The molecule has 0 aliphatic carbocycles.